The van der Waals surface area contributed by atoms with E-state index in [-0.39, 0.29) is 29.6 Å². The van der Waals surface area contributed by atoms with E-state index in [0.717, 1.165) is 6.42 Å². The molecule has 0 aromatic rings. The summed E-state index contributed by atoms with van der Waals surface area (Å²) in [5.41, 5.74) is -0.757. The highest BCUT2D eigenvalue weighted by Gasteiger charge is 2.46. The Kier molecular flexibility index (Phi) is 2.26. The molecule has 2 aliphatic carbocycles. The Bertz CT molecular complexity index is 333. The lowest BCUT2D eigenvalue weighted by Crippen LogP contribution is -2.44. The first kappa shape index (κ1) is 10.5. The van der Waals surface area contributed by atoms with Crippen molar-refractivity contribution >= 4 is 5.97 Å². The summed E-state index contributed by atoms with van der Waals surface area (Å²) in [5.74, 6) is -1.16. The maximum absolute atomic E-state index is 11.0. The Morgan fingerprint density at radius 1 is 1.53 bits per heavy atom. The van der Waals surface area contributed by atoms with E-state index in [4.69, 9.17) is 5.11 Å². The number of aliphatic carboxylic acids is 1. The minimum atomic E-state index is -1.05. The number of hydrogen-bond donors (Lipinski definition) is 3. The molecule has 1 saturated carbocycles. The summed E-state index contributed by atoms with van der Waals surface area (Å²) in [4.78, 5) is 11.0. The maximum Gasteiger partial charge on any atom is 0.335 e. The zero-order valence-corrected chi connectivity index (χ0v) is 8.73. The van der Waals surface area contributed by atoms with E-state index in [1.807, 2.05) is 6.92 Å². The van der Waals surface area contributed by atoms with Gasteiger partial charge in [0.05, 0.1) is 11.2 Å². The molecule has 3 N–H and O–H groups in total. The normalized spacial score (nSPS) is 40.4. The quantitative estimate of drug-likeness (QED) is 0.614. The SMILES string of the molecule is CC1CCC2(O)CC(O)=C(C(=O)O)C1C2. The number of aliphatic hydroxyl groups excluding tert-OH is 1. The molecule has 3 atom stereocenters. The Balaban J connectivity index is 2.41. The van der Waals surface area contributed by atoms with E-state index in [0.29, 0.717) is 12.8 Å². The molecule has 0 heterocycles. The first-order chi connectivity index (χ1) is 6.93. The van der Waals surface area contributed by atoms with Gasteiger partial charge in [-0.3, -0.25) is 0 Å². The number of carboxylic acid groups (broad SMARTS) is 1. The van der Waals surface area contributed by atoms with Gasteiger partial charge in [-0.25, -0.2) is 4.79 Å². The molecule has 0 saturated heterocycles. The van der Waals surface area contributed by atoms with Crippen LogP contribution in [0.3, 0.4) is 0 Å². The molecule has 0 amide bonds. The average molecular weight is 212 g/mol. The van der Waals surface area contributed by atoms with Crippen molar-refractivity contribution < 1.29 is 20.1 Å². The molecule has 15 heavy (non-hydrogen) atoms. The Morgan fingerprint density at radius 3 is 2.80 bits per heavy atom. The van der Waals surface area contributed by atoms with Gasteiger partial charge in [-0.1, -0.05) is 6.92 Å². The lowest BCUT2D eigenvalue weighted by atomic mass is 9.64. The van der Waals surface area contributed by atoms with E-state index in [9.17, 15) is 15.0 Å². The number of fused-ring (bicyclic) bond motifs is 2. The number of carbonyl (C=O) groups is 1. The summed E-state index contributed by atoms with van der Waals surface area (Å²) in [6, 6.07) is 0. The summed E-state index contributed by atoms with van der Waals surface area (Å²) in [6.45, 7) is 1.98. The molecule has 0 aliphatic heterocycles. The minimum absolute atomic E-state index is 0.0951. The van der Waals surface area contributed by atoms with Crippen molar-refractivity contribution in [3.63, 3.8) is 0 Å². The van der Waals surface area contributed by atoms with Gasteiger partial charge in [-0.05, 0) is 31.1 Å². The zero-order valence-electron chi connectivity index (χ0n) is 8.73. The van der Waals surface area contributed by atoms with Crippen LogP contribution in [0.5, 0.6) is 0 Å². The summed E-state index contributed by atoms with van der Waals surface area (Å²) < 4.78 is 0. The van der Waals surface area contributed by atoms with Gasteiger partial charge in [0.2, 0.25) is 0 Å². The molecule has 4 heteroatoms. The molecule has 0 aromatic carbocycles. The maximum atomic E-state index is 11.0. The number of aliphatic hydroxyl groups is 2. The largest absolute Gasteiger partial charge is 0.512 e. The van der Waals surface area contributed by atoms with Gasteiger partial charge in [-0.2, -0.15) is 0 Å². The number of hydrogen-bond acceptors (Lipinski definition) is 3. The molecule has 1 fully saturated rings. The van der Waals surface area contributed by atoms with Crippen LogP contribution in [0.15, 0.2) is 11.3 Å². The van der Waals surface area contributed by atoms with Crippen molar-refractivity contribution in [1.82, 2.24) is 0 Å². The number of carboxylic acids is 1. The van der Waals surface area contributed by atoms with E-state index in [2.05, 4.69) is 0 Å². The van der Waals surface area contributed by atoms with Crippen molar-refractivity contribution in [3.8, 4) is 0 Å². The Hall–Kier alpha value is -1.03. The van der Waals surface area contributed by atoms with Gasteiger partial charge in [0.15, 0.2) is 0 Å². The molecule has 2 bridgehead atoms. The van der Waals surface area contributed by atoms with E-state index < -0.39 is 11.6 Å². The van der Waals surface area contributed by atoms with Crippen LogP contribution in [0, 0.1) is 11.8 Å². The summed E-state index contributed by atoms with van der Waals surface area (Å²) in [7, 11) is 0. The minimum Gasteiger partial charge on any atom is -0.512 e. The van der Waals surface area contributed by atoms with Crippen molar-refractivity contribution in [3.05, 3.63) is 11.3 Å². The molecule has 0 radical (unpaired) electrons. The third-order valence-electron chi connectivity index (χ3n) is 3.76. The van der Waals surface area contributed by atoms with Crippen LogP contribution in [-0.2, 0) is 4.79 Å². The van der Waals surface area contributed by atoms with Crippen LogP contribution in [0.4, 0.5) is 0 Å². The second kappa shape index (κ2) is 3.23. The third-order valence-corrected chi connectivity index (χ3v) is 3.76. The third kappa shape index (κ3) is 1.63. The average Bonchev–Trinajstić information content (AvgIpc) is 2.10. The lowest BCUT2D eigenvalue weighted by Gasteiger charge is -2.44. The molecule has 0 aromatic heterocycles. The van der Waals surface area contributed by atoms with Gasteiger partial charge in [-0.15, -0.1) is 0 Å². The van der Waals surface area contributed by atoms with Crippen molar-refractivity contribution in [1.29, 1.82) is 0 Å². The molecule has 2 rings (SSSR count). The molecular weight excluding hydrogens is 196 g/mol. The second-order valence-electron chi connectivity index (χ2n) is 4.89. The molecule has 2 aliphatic rings. The Labute approximate surface area is 88.2 Å². The van der Waals surface area contributed by atoms with E-state index in [1.54, 1.807) is 0 Å². The van der Waals surface area contributed by atoms with Gasteiger partial charge in [0.25, 0.3) is 0 Å². The summed E-state index contributed by atoms with van der Waals surface area (Å²) in [5, 5.41) is 28.8. The predicted octanol–water partition coefficient (Wildman–Crippen LogP) is 1.45. The summed E-state index contributed by atoms with van der Waals surface area (Å²) >= 11 is 0. The van der Waals surface area contributed by atoms with Gasteiger partial charge in [0, 0.05) is 6.42 Å². The summed E-state index contributed by atoms with van der Waals surface area (Å²) in [6.07, 6.45) is 2.05. The van der Waals surface area contributed by atoms with Crippen molar-refractivity contribution in [2.24, 2.45) is 11.8 Å². The van der Waals surface area contributed by atoms with E-state index in [1.165, 1.54) is 0 Å². The fraction of sp³-hybridized carbons (Fsp3) is 0.727. The van der Waals surface area contributed by atoms with E-state index >= 15 is 0 Å². The predicted molar refractivity (Wildman–Crippen MR) is 53.4 cm³/mol. The van der Waals surface area contributed by atoms with Crippen molar-refractivity contribution in [2.75, 3.05) is 0 Å². The van der Waals surface area contributed by atoms with Gasteiger partial charge in [0.1, 0.15) is 5.76 Å². The first-order valence-corrected chi connectivity index (χ1v) is 5.31. The zero-order chi connectivity index (χ0) is 11.2. The highest BCUT2D eigenvalue weighted by molar-refractivity contribution is 5.88. The molecular formula is C11H16O4. The monoisotopic (exact) mass is 212 g/mol. The van der Waals surface area contributed by atoms with Crippen LogP contribution in [-0.4, -0.2) is 26.9 Å². The standard InChI is InChI=1S/C11H16O4/c1-6-2-3-11(15)4-7(6)9(10(13)14)8(12)5-11/h6-7,12,15H,2-5H2,1H3,(H,13,14). The smallest absolute Gasteiger partial charge is 0.335 e. The van der Waals surface area contributed by atoms with Crippen LogP contribution in [0.25, 0.3) is 0 Å². The lowest BCUT2D eigenvalue weighted by molar-refractivity contribution is -0.135. The van der Waals surface area contributed by atoms with Crippen LogP contribution >= 0.6 is 0 Å². The Morgan fingerprint density at radius 2 is 2.20 bits per heavy atom. The fourth-order valence-electron chi connectivity index (χ4n) is 2.86. The van der Waals surface area contributed by atoms with Gasteiger partial charge >= 0.3 is 5.97 Å². The number of rotatable bonds is 1. The first-order valence-electron chi connectivity index (χ1n) is 5.31. The topological polar surface area (TPSA) is 77.8 Å². The van der Waals surface area contributed by atoms with Crippen LogP contribution < -0.4 is 0 Å². The molecule has 3 unspecified atom stereocenters. The fourth-order valence-corrected chi connectivity index (χ4v) is 2.86. The molecule has 0 spiro atoms. The second-order valence-corrected chi connectivity index (χ2v) is 4.89. The van der Waals surface area contributed by atoms with Crippen molar-refractivity contribution in [2.45, 2.75) is 38.2 Å². The molecule has 84 valence electrons. The molecule has 4 nitrogen and oxygen atoms in total. The highest BCUT2D eigenvalue weighted by atomic mass is 16.4. The van der Waals surface area contributed by atoms with Crippen LogP contribution in [0.2, 0.25) is 0 Å². The van der Waals surface area contributed by atoms with Gasteiger partial charge < -0.3 is 15.3 Å². The highest BCUT2D eigenvalue weighted by Crippen LogP contribution is 2.47. The van der Waals surface area contributed by atoms with Crippen LogP contribution in [0.1, 0.15) is 32.6 Å².